The molecule has 1 rings (SSSR count). The molecule has 9 nitrogen and oxygen atoms in total. The maximum Gasteiger partial charge on any atom is 0.189 e. The summed E-state index contributed by atoms with van der Waals surface area (Å²) in [7, 11) is 0. The molecule has 1 heterocycles. The molecule has 1 aromatic rings. The predicted octanol–water partition coefficient (Wildman–Crippen LogP) is -2.79. The molecular formula is C12H18O9. The van der Waals surface area contributed by atoms with Crippen molar-refractivity contribution in [1.82, 2.24) is 0 Å². The monoisotopic (exact) mass is 306 g/mol. The van der Waals surface area contributed by atoms with Gasteiger partial charge in [-0.2, -0.15) is 0 Å². The molecule has 3 unspecified atom stereocenters. The lowest BCUT2D eigenvalue weighted by atomic mass is 10.1. The van der Waals surface area contributed by atoms with Crippen molar-refractivity contribution in [3.63, 3.8) is 0 Å². The van der Waals surface area contributed by atoms with Crippen molar-refractivity contribution in [2.75, 3.05) is 13.2 Å². The summed E-state index contributed by atoms with van der Waals surface area (Å²) in [5.41, 5.74) is 0. The molecule has 0 aromatic carbocycles. The fourth-order valence-electron chi connectivity index (χ4n) is 1.15. The summed E-state index contributed by atoms with van der Waals surface area (Å²) in [4.78, 5) is 20.5. The second kappa shape index (κ2) is 10.2. The lowest BCUT2D eigenvalue weighted by Gasteiger charge is -2.19. The van der Waals surface area contributed by atoms with Crippen LogP contribution < -0.4 is 0 Å². The van der Waals surface area contributed by atoms with E-state index in [2.05, 4.69) is 0 Å². The topological polar surface area (TPSA) is 169 Å². The molecule has 0 saturated carbocycles. The highest BCUT2D eigenvalue weighted by atomic mass is 16.4. The fraction of sp³-hybridized carbons (Fsp3) is 0.500. The Bertz CT molecular complexity index is 428. The van der Waals surface area contributed by atoms with Crippen LogP contribution in [0, 0.1) is 0 Å². The van der Waals surface area contributed by atoms with Gasteiger partial charge in [0.05, 0.1) is 6.61 Å². The van der Waals surface area contributed by atoms with Gasteiger partial charge in [-0.3, -0.25) is 9.59 Å². The number of aliphatic hydroxyl groups excluding tert-OH is 6. The van der Waals surface area contributed by atoms with Gasteiger partial charge in [-0.25, -0.2) is 0 Å². The van der Waals surface area contributed by atoms with Crippen LogP contribution in [0.4, 0.5) is 0 Å². The number of rotatable bonds is 7. The smallest absolute Gasteiger partial charge is 0.189 e. The van der Waals surface area contributed by atoms with Crippen molar-refractivity contribution in [2.45, 2.75) is 24.9 Å². The van der Waals surface area contributed by atoms with Crippen LogP contribution in [0.3, 0.4) is 0 Å². The zero-order valence-electron chi connectivity index (χ0n) is 11.0. The summed E-state index contributed by atoms with van der Waals surface area (Å²) >= 11 is 0. The molecule has 0 radical (unpaired) electrons. The van der Waals surface area contributed by atoms with E-state index in [9.17, 15) is 9.59 Å². The quantitative estimate of drug-likeness (QED) is 0.291. The van der Waals surface area contributed by atoms with Gasteiger partial charge < -0.3 is 35.1 Å². The molecule has 0 fully saturated rings. The standard InChI is InChI=1S/C6H12O6.C6H6O3/c7-1-3(9)5(11)6(12)4(10)2-8;7-3-5-1-2-6(4-8)9-5/h3,5-9,11-12H,1-2H2;1-3,8H,4H2. The van der Waals surface area contributed by atoms with Gasteiger partial charge in [0.1, 0.15) is 37.3 Å². The summed E-state index contributed by atoms with van der Waals surface area (Å²) in [6.07, 6.45) is -4.62. The number of hydrogen-bond acceptors (Lipinski definition) is 9. The summed E-state index contributed by atoms with van der Waals surface area (Å²) in [6.45, 7) is -1.85. The average Bonchev–Trinajstić information content (AvgIpc) is 3.00. The van der Waals surface area contributed by atoms with Crippen molar-refractivity contribution in [3.8, 4) is 0 Å². The van der Waals surface area contributed by atoms with Gasteiger partial charge in [0.15, 0.2) is 17.8 Å². The van der Waals surface area contributed by atoms with Gasteiger partial charge in [0, 0.05) is 0 Å². The summed E-state index contributed by atoms with van der Waals surface area (Å²) in [5, 5.41) is 51.5. The lowest BCUT2D eigenvalue weighted by Crippen LogP contribution is -2.44. The van der Waals surface area contributed by atoms with Crippen LogP contribution in [0.1, 0.15) is 16.3 Å². The van der Waals surface area contributed by atoms with E-state index in [4.69, 9.17) is 35.1 Å². The third-order valence-corrected chi connectivity index (χ3v) is 2.34. The van der Waals surface area contributed by atoms with Crippen LogP contribution in [-0.4, -0.2) is 74.2 Å². The van der Waals surface area contributed by atoms with Crippen molar-refractivity contribution >= 4 is 12.1 Å². The van der Waals surface area contributed by atoms with Gasteiger partial charge in [-0.05, 0) is 12.1 Å². The van der Waals surface area contributed by atoms with E-state index in [1.807, 2.05) is 0 Å². The Morgan fingerprint density at radius 2 is 1.81 bits per heavy atom. The van der Waals surface area contributed by atoms with Gasteiger partial charge in [-0.1, -0.05) is 0 Å². The summed E-state index contributed by atoms with van der Waals surface area (Å²) in [5.74, 6) is -0.342. The molecule has 0 aliphatic rings. The number of Topliss-reactive ketones (excluding diaryl/α,β-unsaturated/α-hetero) is 1. The fourth-order valence-corrected chi connectivity index (χ4v) is 1.15. The zero-order valence-corrected chi connectivity index (χ0v) is 11.0. The third kappa shape index (κ3) is 6.58. The van der Waals surface area contributed by atoms with E-state index < -0.39 is 37.3 Å². The number of carbonyl (C=O) groups excluding carboxylic acids is 2. The average molecular weight is 306 g/mol. The molecule has 0 aliphatic heterocycles. The van der Waals surface area contributed by atoms with Gasteiger partial charge in [-0.15, -0.1) is 0 Å². The maximum atomic E-state index is 10.5. The van der Waals surface area contributed by atoms with Crippen LogP contribution in [-0.2, 0) is 11.4 Å². The van der Waals surface area contributed by atoms with Crippen LogP contribution in [0.25, 0.3) is 0 Å². The Kier molecular flexibility index (Phi) is 9.37. The second-order valence-electron chi connectivity index (χ2n) is 3.89. The summed E-state index contributed by atoms with van der Waals surface area (Å²) in [6, 6.07) is 3.07. The lowest BCUT2D eigenvalue weighted by molar-refractivity contribution is -0.142. The Morgan fingerprint density at radius 3 is 2.14 bits per heavy atom. The molecule has 0 aliphatic carbocycles. The Labute approximate surface area is 119 Å². The van der Waals surface area contributed by atoms with Crippen LogP contribution >= 0.6 is 0 Å². The number of furan rings is 1. The number of hydrogen-bond donors (Lipinski definition) is 6. The van der Waals surface area contributed by atoms with E-state index in [-0.39, 0.29) is 12.4 Å². The van der Waals surface area contributed by atoms with Gasteiger partial charge >= 0.3 is 0 Å². The van der Waals surface area contributed by atoms with Gasteiger partial charge in [0.25, 0.3) is 0 Å². The minimum Gasteiger partial charge on any atom is -0.456 e. The van der Waals surface area contributed by atoms with E-state index in [0.717, 1.165) is 0 Å². The molecule has 9 heteroatoms. The SMILES string of the molecule is O=C(CO)C(O)C(O)C(O)CO.O=Cc1ccc(CO)o1. The van der Waals surface area contributed by atoms with Crippen LogP contribution in [0.5, 0.6) is 0 Å². The maximum absolute atomic E-state index is 10.5. The zero-order chi connectivity index (χ0) is 16.4. The number of aldehydes is 1. The Hall–Kier alpha value is -1.62. The van der Waals surface area contributed by atoms with E-state index in [0.29, 0.717) is 12.0 Å². The number of aliphatic hydroxyl groups is 6. The second-order valence-corrected chi connectivity index (χ2v) is 3.89. The first-order valence-electron chi connectivity index (χ1n) is 5.84. The third-order valence-electron chi connectivity index (χ3n) is 2.34. The predicted molar refractivity (Wildman–Crippen MR) is 67.2 cm³/mol. The molecule has 3 atom stereocenters. The molecule has 21 heavy (non-hydrogen) atoms. The first kappa shape index (κ1) is 19.4. The molecule has 0 saturated heterocycles. The highest BCUT2D eigenvalue weighted by Gasteiger charge is 2.28. The summed E-state index contributed by atoms with van der Waals surface area (Å²) < 4.78 is 4.76. The molecule has 0 amide bonds. The molecule has 0 spiro atoms. The van der Waals surface area contributed by atoms with E-state index in [1.165, 1.54) is 6.07 Å². The highest BCUT2D eigenvalue weighted by molar-refractivity contribution is 5.84. The Balaban J connectivity index is 0.000000394. The van der Waals surface area contributed by atoms with Crippen molar-refractivity contribution in [2.24, 2.45) is 0 Å². The molecule has 120 valence electrons. The minimum atomic E-state index is -1.86. The highest BCUT2D eigenvalue weighted by Crippen LogP contribution is 2.04. The van der Waals surface area contributed by atoms with E-state index in [1.54, 1.807) is 6.07 Å². The van der Waals surface area contributed by atoms with Crippen molar-refractivity contribution in [3.05, 3.63) is 23.7 Å². The van der Waals surface area contributed by atoms with Crippen LogP contribution in [0.15, 0.2) is 16.5 Å². The van der Waals surface area contributed by atoms with E-state index >= 15 is 0 Å². The number of carbonyl (C=O) groups is 2. The molecule has 0 bridgehead atoms. The largest absolute Gasteiger partial charge is 0.456 e. The van der Waals surface area contributed by atoms with Gasteiger partial charge in [0.2, 0.25) is 0 Å². The molecule has 1 aromatic heterocycles. The molecular weight excluding hydrogens is 288 g/mol. The van der Waals surface area contributed by atoms with Crippen LogP contribution in [0.2, 0.25) is 0 Å². The van der Waals surface area contributed by atoms with Crippen molar-refractivity contribution in [1.29, 1.82) is 0 Å². The van der Waals surface area contributed by atoms with Crippen molar-refractivity contribution < 1.29 is 44.6 Å². The molecule has 6 N–H and O–H groups in total. The first-order chi connectivity index (χ1) is 9.90. The first-order valence-corrected chi connectivity index (χ1v) is 5.84. The Morgan fingerprint density at radius 1 is 1.19 bits per heavy atom. The minimum absolute atomic E-state index is 0.159. The number of ketones is 1. The normalized spacial score (nSPS) is 14.6.